The molecule has 0 radical (unpaired) electrons. The number of carbonyl (C=O) groups is 2. The summed E-state index contributed by atoms with van der Waals surface area (Å²) in [5.74, 6) is -2.82. The van der Waals surface area contributed by atoms with Crippen LogP contribution in [0.5, 0.6) is 5.75 Å². The number of carbonyl (C=O) groups excluding carboxylic acids is 2. The Labute approximate surface area is 361 Å². The van der Waals surface area contributed by atoms with Gasteiger partial charge in [-0.3, -0.25) is 24.4 Å². The van der Waals surface area contributed by atoms with E-state index in [-0.39, 0.29) is 29.2 Å². The average Bonchev–Trinajstić information content (AvgIpc) is 4.09. The average molecular weight is 870 g/mol. The van der Waals surface area contributed by atoms with Crippen molar-refractivity contribution >= 4 is 74.0 Å². The summed E-state index contributed by atoms with van der Waals surface area (Å²) in [5, 5.41) is 15.5. The van der Waals surface area contributed by atoms with Crippen molar-refractivity contribution in [1.29, 1.82) is 0 Å². The van der Waals surface area contributed by atoms with Crippen LogP contribution in [0.4, 0.5) is 37.6 Å². The first-order valence-corrected chi connectivity index (χ1v) is 22.0. The first-order chi connectivity index (χ1) is 29.9. The van der Waals surface area contributed by atoms with Gasteiger partial charge in [-0.1, -0.05) is 23.7 Å². The summed E-state index contributed by atoms with van der Waals surface area (Å²) in [7, 11) is 3.54. The molecule has 7 heterocycles. The largest absolute Gasteiger partial charge is 0.480 e. The predicted octanol–water partition coefficient (Wildman–Crippen LogP) is 5.78. The maximum atomic E-state index is 15.2. The van der Waals surface area contributed by atoms with Gasteiger partial charge in [0.1, 0.15) is 5.02 Å². The second-order valence-electron chi connectivity index (χ2n) is 17.6. The van der Waals surface area contributed by atoms with Crippen LogP contribution in [0, 0.1) is 11.8 Å². The highest BCUT2D eigenvalue weighted by atomic mass is 35.5. The Bertz CT molecular complexity index is 2640. The van der Waals surface area contributed by atoms with E-state index in [0.29, 0.717) is 65.0 Å². The lowest BCUT2D eigenvalue weighted by atomic mass is 9.92. The highest BCUT2D eigenvalue weighted by Crippen LogP contribution is 2.46. The predicted molar refractivity (Wildman–Crippen MR) is 234 cm³/mol. The van der Waals surface area contributed by atoms with Crippen molar-refractivity contribution < 1.29 is 23.1 Å². The molecular formula is C44H50ClF2N11O4. The first kappa shape index (κ1) is 40.5. The Morgan fingerprint density at radius 3 is 2.56 bits per heavy atom. The molecule has 2 aromatic carbocycles. The number of halogens is 3. The van der Waals surface area contributed by atoms with Gasteiger partial charge >= 0.3 is 5.92 Å². The fraction of sp³-hybridized carbons (Fsp3) is 0.500. The van der Waals surface area contributed by atoms with Gasteiger partial charge in [0.25, 0.3) is 5.56 Å². The maximum absolute atomic E-state index is 15.2. The number of hydrogen-bond acceptors (Lipinski definition) is 12. The monoisotopic (exact) mass is 869 g/mol. The number of fused-ring (bicyclic) bond motifs is 4. The molecule has 0 bridgehead atoms. The van der Waals surface area contributed by atoms with E-state index in [1.54, 1.807) is 19.3 Å². The number of benzene rings is 2. The van der Waals surface area contributed by atoms with Crippen LogP contribution in [0.3, 0.4) is 0 Å². The van der Waals surface area contributed by atoms with Gasteiger partial charge in [-0.05, 0) is 81.2 Å². The number of rotatable bonds is 8. The molecule has 326 valence electrons. The van der Waals surface area contributed by atoms with Gasteiger partial charge < -0.3 is 34.6 Å². The van der Waals surface area contributed by atoms with Crippen molar-refractivity contribution in [1.82, 2.24) is 34.5 Å². The van der Waals surface area contributed by atoms with Crippen LogP contribution in [-0.2, 0) is 23.7 Å². The lowest BCUT2D eigenvalue weighted by Crippen LogP contribution is -2.44. The first-order valence-electron chi connectivity index (χ1n) is 21.7. The summed E-state index contributed by atoms with van der Waals surface area (Å²) in [6, 6.07) is 10.5. The van der Waals surface area contributed by atoms with E-state index in [4.69, 9.17) is 26.4 Å². The van der Waals surface area contributed by atoms with Crippen molar-refractivity contribution in [3.05, 3.63) is 63.7 Å². The SMILES string of the molecule is Cn1nc(C2CCC(=O)NC2=O)c2cccc(N3CCC(CN4CCCN(c5ncc(Cl)c(Nc6ccc7c(c6)c6c(c(=O)n7C)OCC(F)(F)[C@H](C7CC7)N6)n5)CC4)CC3)c21. The van der Waals surface area contributed by atoms with Crippen molar-refractivity contribution in [2.75, 3.05) is 72.9 Å². The Morgan fingerprint density at radius 1 is 0.952 bits per heavy atom. The van der Waals surface area contributed by atoms with Gasteiger partial charge in [-0.25, -0.2) is 13.8 Å². The normalized spacial score (nSPS) is 22.5. The molecule has 1 aliphatic carbocycles. The minimum Gasteiger partial charge on any atom is -0.480 e. The van der Waals surface area contributed by atoms with Gasteiger partial charge in [-0.2, -0.15) is 10.1 Å². The Balaban J connectivity index is 0.789. The van der Waals surface area contributed by atoms with E-state index in [9.17, 15) is 14.4 Å². The minimum atomic E-state index is -3.13. The van der Waals surface area contributed by atoms with Crippen molar-refractivity contribution in [2.24, 2.45) is 25.9 Å². The number of anilines is 5. The fourth-order valence-corrected chi connectivity index (χ4v) is 10.0. The Kier molecular flexibility index (Phi) is 10.4. The summed E-state index contributed by atoms with van der Waals surface area (Å²) in [4.78, 5) is 54.5. The Hall–Kier alpha value is -5.55. The molecule has 1 saturated carbocycles. The van der Waals surface area contributed by atoms with Crippen LogP contribution in [0.2, 0.25) is 5.02 Å². The zero-order chi connectivity index (χ0) is 42.9. The van der Waals surface area contributed by atoms with Crippen molar-refractivity contribution in [2.45, 2.75) is 62.8 Å². The third kappa shape index (κ3) is 7.56. The topological polar surface area (TPSA) is 155 Å². The third-order valence-corrected chi connectivity index (χ3v) is 13.7. The number of piperidine rings is 2. The maximum Gasteiger partial charge on any atom is 0.301 e. The van der Waals surface area contributed by atoms with E-state index < -0.39 is 30.0 Å². The molecule has 3 N–H and O–H groups in total. The molecular weight excluding hydrogens is 820 g/mol. The molecule has 1 unspecified atom stereocenters. The zero-order valence-electron chi connectivity index (χ0n) is 34.8. The molecule has 10 rings (SSSR count). The van der Waals surface area contributed by atoms with Crippen LogP contribution in [0.25, 0.3) is 21.8 Å². The smallest absolute Gasteiger partial charge is 0.301 e. The fourth-order valence-electron chi connectivity index (χ4n) is 9.91. The molecule has 18 heteroatoms. The second kappa shape index (κ2) is 16.0. The minimum absolute atomic E-state index is 0.106. The lowest BCUT2D eigenvalue weighted by molar-refractivity contribution is -0.134. The number of imide groups is 1. The van der Waals surface area contributed by atoms with Crippen LogP contribution in [0.15, 0.2) is 47.4 Å². The van der Waals surface area contributed by atoms with Gasteiger partial charge in [0.15, 0.2) is 12.4 Å². The number of hydrogen-bond donors (Lipinski definition) is 3. The van der Waals surface area contributed by atoms with E-state index in [1.165, 1.54) is 4.57 Å². The molecule has 5 aromatic rings. The van der Waals surface area contributed by atoms with E-state index in [0.717, 1.165) is 87.4 Å². The summed E-state index contributed by atoms with van der Waals surface area (Å²) in [6.07, 6.45) is 6.87. The molecule has 3 aromatic heterocycles. The molecule has 4 fully saturated rings. The van der Waals surface area contributed by atoms with Gasteiger partial charge in [0.05, 0.1) is 46.3 Å². The molecule has 5 aliphatic rings. The van der Waals surface area contributed by atoms with Gasteiger partial charge in [0, 0.05) is 76.2 Å². The summed E-state index contributed by atoms with van der Waals surface area (Å²) in [6.45, 7) is 5.41. The molecule has 0 spiro atoms. The molecule has 15 nitrogen and oxygen atoms in total. The van der Waals surface area contributed by atoms with E-state index >= 15 is 8.78 Å². The van der Waals surface area contributed by atoms with Gasteiger partial charge in [0.2, 0.25) is 23.5 Å². The summed E-state index contributed by atoms with van der Waals surface area (Å²) < 4.78 is 39.2. The summed E-state index contributed by atoms with van der Waals surface area (Å²) in [5.41, 5.74) is 3.87. The number of ether oxygens (including phenoxy) is 1. The number of para-hydroxylation sites is 1. The number of nitrogens with one attached hydrogen (secondary N) is 3. The van der Waals surface area contributed by atoms with Crippen LogP contribution < -0.4 is 36.0 Å². The summed E-state index contributed by atoms with van der Waals surface area (Å²) >= 11 is 6.66. The number of aryl methyl sites for hydroxylation is 2. The lowest BCUT2D eigenvalue weighted by Gasteiger charge is -2.36. The molecule has 2 amide bonds. The van der Waals surface area contributed by atoms with E-state index in [2.05, 4.69) is 41.7 Å². The van der Waals surface area contributed by atoms with E-state index in [1.807, 2.05) is 36.0 Å². The number of pyridine rings is 1. The molecule has 2 atom stereocenters. The van der Waals surface area contributed by atoms with Gasteiger partial charge in [-0.15, -0.1) is 0 Å². The van der Waals surface area contributed by atoms with Crippen LogP contribution >= 0.6 is 11.6 Å². The Morgan fingerprint density at radius 2 is 1.77 bits per heavy atom. The van der Waals surface area contributed by atoms with Crippen molar-refractivity contribution in [3.63, 3.8) is 0 Å². The molecule has 3 saturated heterocycles. The number of nitrogens with zero attached hydrogens (tertiary/aromatic N) is 8. The standard InChI is InChI=1S/C44H50ClF2N11O4/c1-54-32-11-9-27(21-30(32)36-38(42(54)61)62-24-44(46,47)39(51-36)26-7-8-26)49-40-31(45)22-48-43(52-40)58-16-4-15-56(19-20-58)23-25-13-17-57(18-14-25)33-6-3-5-28-35(53-55(2)37(28)33)29-10-12-34(59)50-41(29)60/h3,5-6,9,11,21-22,25-26,29,39,51H,4,7-8,10,12-20,23-24H2,1-2H3,(H,48,49,52)(H,50,59,60)/t29?,39-/m0/s1. The molecule has 4 aliphatic heterocycles. The highest BCUT2D eigenvalue weighted by molar-refractivity contribution is 6.33. The molecule has 62 heavy (non-hydrogen) atoms. The van der Waals surface area contributed by atoms with Crippen LogP contribution in [0.1, 0.15) is 56.6 Å². The quantitative estimate of drug-likeness (QED) is 0.162. The number of alkyl halides is 2. The van der Waals surface area contributed by atoms with Crippen molar-refractivity contribution in [3.8, 4) is 5.75 Å². The number of amides is 2. The van der Waals surface area contributed by atoms with Crippen LogP contribution in [-0.4, -0.2) is 105 Å². The highest BCUT2D eigenvalue weighted by Gasteiger charge is 2.51. The third-order valence-electron chi connectivity index (χ3n) is 13.4. The number of aromatic nitrogens is 5. The zero-order valence-corrected chi connectivity index (χ0v) is 35.6. The second-order valence-corrected chi connectivity index (χ2v) is 18.0.